The lowest BCUT2D eigenvalue weighted by Crippen LogP contribution is -2.27. The Morgan fingerprint density at radius 1 is 1.46 bits per heavy atom. The Balaban J connectivity index is 2.04. The standard InChI is InChI=1S/C15H16ClN3O3S2/c1-3-22-13(20)7-11-8-24-15(17-11)19(23)14(21)18-12-6-10(16)5-4-9(12)2/h4-6,8,23H,3,7H2,1-2H3,(H,18,21). The van der Waals surface area contributed by atoms with Crippen LogP contribution in [0.15, 0.2) is 23.6 Å². The summed E-state index contributed by atoms with van der Waals surface area (Å²) in [5, 5.41) is 5.29. The second-order valence-corrected chi connectivity index (χ2v) is 6.48. The molecule has 0 aliphatic rings. The predicted octanol–water partition coefficient (Wildman–Crippen LogP) is 4.09. The van der Waals surface area contributed by atoms with Crippen LogP contribution in [0.5, 0.6) is 0 Å². The molecular weight excluding hydrogens is 370 g/mol. The van der Waals surface area contributed by atoms with E-state index in [9.17, 15) is 9.59 Å². The maximum atomic E-state index is 12.3. The fourth-order valence-electron chi connectivity index (χ4n) is 1.82. The minimum absolute atomic E-state index is 0.0565. The Kier molecular flexibility index (Phi) is 6.47. The fraction of sp³-hybridized carbons (Fsp3) is 0.267. The summed E-state index contributed by atoms with van der Waals surface area (Å²) >= 11 is 11.3. The van der Waals surface area contributed by atoms with Crippen molar-refractivity contribution >= 4 is 58.6 Å². The summed E-state index contributed by atoms with van der Waals surface area (Å²) in [5.41, 5.74) is 1.99. The van der Waals surface area contributed by atoms with Crippen molar-refractivity contribution in [2.75, 3.05) is 16.2 Å². The summed E-state index contributed by atoms with van der Waals surface area (Å²) in [4.78, 5) is 28.0. The van der Waals surface area contributed by atoms with Crippen molar-refractivity contribution in [1.82, 2.24) is 4.98 Å². The molecule has 0 bridgehead atoms. The zero-order valence-electron chi connectivity index (χ0n) is 13.1. The van der Waals surface area contributed by atoms with Crippen LogP contribution in [0.25, 0.3) is 0 Å². The summed E-state index contributed by atoms with van der Waals surface area (Å²) in [6.07, 6.45) is 0.0565. The Labute approximate surface area is 154 Å². The number of nitrogens with zero attached hydrogens (tertiary/aromatic N) is 2. The van der Waals surface area contributed by atoms with E-state index >= 15 is 0 Å². The van der Waals surface area contributed by atoms with Gasteiger partial charge in [-0.05, 0) is 31.5 Å². The van der Waals surface area contributed by atoms with Gasteiger partial charge in [0.05, 0.1) is 18.7 Å². The van der Waals surface area contributed by atoms with Crippen molar-refractivity contribution in [2.45, 2.75) is 20.3 Å². The van der Waals surface area contributed by atoms with Crippen LogP contribution in [0, 0.1) is 6.92 Å². The lowest BCUT2D eigenvalue weighted by molar-refractivity contribution is -0.142. The largest absolute Gasteiger partial charge is 0.466 e. The van der Waals surface area contributed by atoms with Crippen molar-refractivity contribution in [3.8, 4) is 0 Å². The molecule has 1 N–H and O–H groups in total. The first-order chi connectivity index (χ1) is 11.4. The first-order valence-corrected chi connectivity index (χ1v) is 8.72. The molecule has 0 radical (unpaired) electrons. The van der Waals surface area contributed by atoms with Crippen LogP contribution in [0.4, 0.5) is 15.6 Å². The molecule has 128 valence electrons. The van der Waals surface area contributed by atoms with Gasteiger partial charge in [0.15, 0.2) is 0 Å². The molecule has 24 heavy (non-hydrogen) atoms. The van der Waals surface area contributed by atoms with E-state index in [1.165, 1.54) is 11.3 Å². The Morgan fingerprint density at radius 3 is 2.92 bits per heavy atom. The van der Waals surface area contributed by atoms with Gasteiger partial charge in [-0.25, -0.2) is 14.1 Å². The van der Waals surface area contributed by atoms with Crippen LogP contribution in [0.1, 0.15) is 18.2 Å². The van der Waals surface area contributed by atoms with Gasteiger partial charge in [-0.3, -0.25) is 4.79 Å². The van der Waals surface area contributed by atoms with Gasteiger partial charge in [0.2, 0.25) is 5.13 Å². The van der Waals surface area contributed by atoms with E-state index in [2.05, 4.69) is 23.1 Å². The van der Waals surface area contributed by atoms with Gasteiger partial charge >= 0.3 is 12.0 Å². The van der Waals surface area contributed by atoms with Crippen molar-refractivity contribution in [3.63, 3.8) is 0 Å². The molecule has 1 aromatic heterocycles. The van der Waals surface area contributed by atoms with Crippen LogP contribution in [-0.2, 0) is 16.0 Å². The van der Waals surface area contributed by atoms with Crippen molar-refractivity contribution in [2.24, 2.45) is 0 Å². The molecule has 0 saturated carbocycles. The number of anilines is 2. The van der Waals surface area contributed by atoms with E-state index in [-0.39, 0.29) is 12.4 Å². The highest BCUT2D eigenvalue weighted by Gasteiger charge is 2.18. The number of halogens is 1. The number of thiazole rings is 1. The van der Waals surface area contributed by atoms with Crippen LogP contribution >= 0.6 is 35.8 Å². The molecule has 1 heterocycles. The Morgan fingerprint density at radius 2 is 2.21 bits per heavy atom. The SMILES string of the molecule is CCOC(=O)Cc1csc(N(S)C(=O)Nc2cc(Cl)ccc2C)n1. The third-order valence-electron chi connectivity index (χ3n) is 2.99. The van der Waals surface area contributed by atoms with Gasteiger partial charge in [0.25, 0.3) is 0 Å². The molecule has 0 saturated heterocycles. The van der Waals surface area contributed by atoms with Gasteiger partial charge in [0.1, 0.15) is 0 Å². The van der Waals surface area contributed by atoms with Gasteiger partial charge < -0.3 is 10.1 Å². The van der Waals surface area contributed by atoms with Crippen molar-refractivity contribution in [3.05, 3.63) is 39.9 Å². The van der Waals surface area contributed by atoms with E-state index in [4.69, 9.17) is 16.3 Å². The van der Waals surface area contributed by atoms with Crippen molar-refractivity contribution < 1.29 is 14.3 Å². The molecule has 9 heteroatoms. The number of carbonyl (C=O) groups is 2. The summed E-state index contributed by atoms with van der Waals surface area (Å²) in [6.45, 7) is 3.91. The summed E-state index contributed by atoms with van der Waals surface area (Å²) < 4.78 is 5.95. The van der Waals surface area contributed by atoms with Crippen LogP contribution < -0.4 is 9.62 Å². The predicted molar refractivity (Wildman–Crippen MR) is 99.1 cm³/mol. The first kappa shape index (κ1) is 18.6. The highest BCUT2D eigenvalue weighted by Crippen LogP contribution is 2.25. The van der Waals surface area contributed by atoms with E-state index < -0.39 is 6.03 Å². The van der Waals surface area contributed by atoms with E-state index in [1.807, 2.05) is 13.0 Å². The molecule has 1 aromatic carbocycles. The average molecular weight is 386 g/mol. The molecule has 0 unspecified atom stereocenters. The number of hydrogen-bond donors (Lipinski definition) is 2. The third-order valence-corrected chi connectivity index (χ3v) is 4.60. The molecule has 0 atom stereocenters. The van der Waals surface area contributed by atoms with Crippen molar-refractivity contribution in [1.29, 1.82) is 0 Å². The normalized spacial score (nSPS) is 10.3. The molecule has 2 aromatic rings. The maximum absolute atomic E-state index is 12.3. The van der Waals surface area contributed by atoms with Gasteiger partial charge in [0, 0.05) is 16.1 Å². The number of carbonyl (C=O) groups excluding carboxylic acids is 2. The maximum Gasteiger partial charge on any atom is 0.338 e. The fourth-order valence-corrected chi connectivity index (χ4v) is 2.96. The molecule has 0 aliphatic carbocycles. The Hall–Kier alpha value is -1.77. The monoisotopic (exact) mass is 385 g/mol. The number of aryl methyl sites for hydroxylation is 1. The number of amides is 2. The zero-order chi connectivity index (χ0) is 17.7. The number of urea groups is 1. The molecule has 2 amide bonds. The summed E-state index contributed by atoms with van der Waals surface area (Å²) in [6, 6.07) is 4.74. The molecule has 6 nitrogen and oxygen atoms in total. The van der Waals surface area contributed by atoms with E-state index in [0.717, 1.165) is 9.87 Å². The van der Waals surface area contributed by atoms with Crippen LogP contribution in [-0.4, -0.2) is 23.6 Å². The lowest BCUT2D eigenvalue weighted by atomic mass is 10.2. The minimum atomic E-state index is -0.472. The number of nitrogens with one attached hydrogen (secondary N) is 1. The molecular formula is C15H16ClN3O3S2. The van der Waals surface area contributed by atoms with Crippen LogP contribution in [0.3, 0.4) is 0 Å². The first-order valence-electron chi connectivity index (χ1n) is 7.07. The van der Waals surface area contributed by atoms with E-state index in [1.54, 1.807) is 24.4 Å². The highest BCUT2D eigenvalue weighted by molar-refractivity contribution is 7.83. The highest BCUT2D eigenvalue weighted by atomic mass is 35.5. The second kappa shape index (κ2) is 8.36. The summed E-state index contributed by atoms with van der Waals surface area (Å²) in [7, 11) is 0. The number of benzene rings is 1. The third kappa shape index (κ3) is 4.86. The topological polar surface area (TPSA) is 71.5 Å². The lowest BCUT2D eigenvalue weighted by Gasteiger charge is -2.15. The van der Waals surface area contributed by atoms with Gasteiger partial charge in [-0.15, -0.1) is 11.3 Å². The molecule has 0 spiro atoms. The number of rotatable bonds is 5. The number of aromatic nitrogens is 1. The quantitative estimate of drug-likeness (QED) is 0.600. The van der Waals surface area contributed by atoms with Gasteiger partial charge in [-0.2, -0.15) is 0 Å². The number of esters is 1. The average Bonchev–Trinajstić information content (AvgIpc) is 2.98. The molecule has 0 fully saturated rings. The number of hydrogen-bond acceptors (Lipinski definition) is 6. The summed E-state index contributed by atoms with van der Waals surface area (Å²) in [5.74, 6) is -0.362. The Bertz CT molecular complexity index is 751. The molecule has 2 rings (SSSR count). The number of ether oxygens (including phenoxy) is 1. The van der Waals surface area contributed by atoms with Crippen LogP contribution in [0.2, 0.25) is 5.02 Å². The minimum Gasteiger partial charge on any atom is -0.466 e. The second-order valence-electron chi connectivity index (χ2n) is 4.80. The van der Waals surface area contributed by atoms with E-state index in [0.29, 0.717) is 28.1 Å². The smallest absolute Gasteiger partial charge is 0.338 e. The number of thiol groups is 1. The molecule has 0 aliphatic heterocycles. The zero-order valence-corrected chi connectivity index (χ0v) is 15.5. The van der Waals surface area contributed by atoms with Gasteiger partial charge in [-0.1, -0.05) is 30.5 Å².